The fraction of sp³-hybridized carbons (Fsp3) is 0.375. The molecule has 0 bridgehead atoms. The van der Waals surface area contributed by atoms with Crippen LogP contribution in [0.3, 0.4) is 0 Å². The number of aromatic nitrogens is 2. The summed E-state index contributed by atoms with van der Waals surface area (Å²) in [4.78, 5) is 12.5. The molecule has 1 N–H and O–H groups in total. The van der Waals surface area contributed by atoms with Crippen molar-refractivity contribution < 1.29 is 18.0 Å². The summed E-state index contributed by atoms with van der Waals surface area (Å²) >= 11 is 2.91. The summed E-state index contributed by atoms with van der Waals surface area (Å²) in [7, 11) is 0. The summed E-state index contributed by atoms with van der Waals surface area (Å²) < 4.78 is 39.8. The Hall–Kier alpha value is -1.83. The van der Waals surface area contributed by atoms with Gasteiger partial charge in [0.25, 0.3) is 0 Å². The van der Waals surface area contributed by atoms with Crippen LogP contribution in [-0.4, -0.2) is 15.7 Å². The van der Waals surface area contributed by atoms with Crippen LogP contribution in [0.4, 0.5) is 18.9 Å². The average molecular weight is 404 g/mol. The van der Waals surface area contributed by atoms with Crippen molar-refractivity contribution >= 4 is 27.5 Å². The molecule has 1 aromatic heterocycles. The zero-order chi connectivity index (χ0) is 18.2. The number of amides is 1. The minimum atomic E-state index is -4.59. The predicted molar refractivity (Wildman–Crippen MR) is 88.9 cm³/mol. The minimum absolute atomic E-state index is 0.151. The maximum Gasteiger partial charge on any atom is 0.436 e. The van der Waals surface area contributed by atoms with Crippen LogP contribution >= 0.6 is 15.9 Å². The van der Waals surface area contributed by atoms with Gasteiger partial charge in [0, 0.05) is 5.69 Å². The lowest BCUT2D eigenvalue weighted by Gasteiger charge is -2.17. The highest BCUT2D eigenvalue weighted by Crippen LogP contribution is 2.36. The fourth-order valence-corrected chi connectivity index (χ4v) is 2.89. The van der Waals surface area contributed by atoms with Gasteiger partial charge in [-0.05, 0) is 54.8 Å². The normalized spacial score (nSPS) is 13.0. The van der Waals surface area contributed by atoms with Gasteiger partial charge in [0.15, 0.2) is 5.69 Å². The van der Waals surface area contributed by atoms with E-state index in [4.69, 9.17) is 0 Å². The number of aryl methyl sites for hydroxylation is 2. The largest absolute Gasteiger partial charge is 0.436 e. The molecule has 0 saturated heterocycles. The van der Waals surface area contributed by atoms with Gasteiger partial charge in [-0.25, -0.2) is 0 Å². The van der Waals surface area contributed by atoms with Crippen molar-refractivity contribution in [3.8, 4) is 0 Å². The van der Waals surface area contributed by atoms with Gasteiger partial charge in [-0.1, -0.05) is 18.2 Å². The number of nitrogens with zero attached hydrogens (tertiary/aromatic N) is 2. The van der Waals surface area contributed by atoms with Gasteiger partial charge in [0.2, 0.25) is 5.91 Å². The monoisotopic (exact) mass is 403 g/mol. The molecule has 0 radical (unpaired) electrons. The van der Waals surface area contributed by atoms with E-state index in [1.807, 2.05) is 32.0 Å². The van der Waals surface area contributed by atoms with E-state index in [1.165, 1.54) is 13.8 Å². The number of hydrogen-bond donors (Lipinski definition) is 1. The van der Waals surface area contributed by atoms with Crippen LogP contribution in [0.25, 0.3) is 0 Å². The summed E-state index contributed by atoms with van der Waals surface area (Å²) in [5, 5.41) is 6.35. The molecule has 1 heterocycles. The summed E-state index contributed by atoms with van der Waals surface area (Å²) in [5.74, 6) is -0.431. The highest BCUT2D eigenvalue weighted by Gasteiger charge is 2.39. The number of anilines is 1. The van der Waals surface area contributed by atoms with E-state index in [-0.39, 0.29) is 10.2 Å². The molecule has 2 rings (SSSR count). The summed E-state index contributed by atoms with van der Waals surface area (Å²) in [6, 6.07) is 4.68. The van der Waals surface area contributed by atoms with Crippen molar-refractivity contribution in [2.75, 3.05) is 5.32 Å². The zero-order valence-electron chi connectivity index (χ0n) is 13.6. The lowest BCUT2D eigenvalue weighted by atomic mass is 10.1. The van der Waals surface area contributed by atoms with Crippen LogP contribution in [0.15, 0.2) is 22.7 Å². The summed E-state index contributed by atoms with van der Waals surface area (Å²) in [5.41, 5.74) is 1.63. The maximum absolute atomic E-state index is 13.0. The van der Waals surface area contributed by atoms with Gasteiger partial charge in [0.1, 0.15) is 6.04 Å². The van der Waals surface area contributed by atoms with Crippen LogP contribution in [0.5, 0.6) is 0 Å². The number of carbonyl (C=O) groups is 1. The number of halogens is 4. The first-order valence-corrected chi connectivity index (χ1v) is 8.02. The highest BCUT2D eigenvalue weighted by molar-refractivity contribution is 9.10. The van der Waals surface area contributed by atoms with Crippen LogP contribution < -0.4 is 5.32 Å². The topological polar surface area (TPSA) is 46.9 Å². The fourth-order valence-electron chi connectivity index (χ4n) is 2.41. The Morgan fingerprint density at radius 1 is 1.25 bits per heavy atom. The van der Waals surface area contributed by atoms with Crippen LogP contribution in [-0.2, 0) is 11.0 Å². The van der Waals surface area contributed by atoms with Gasteiger partial charge in [-0.2, -0.15) is 18.3 Å². The second kappa shape index (κ2) is 6.58. The third-order valence-corrected chi connectivity index (χ3v) is 4.77. The van der Waals surface area contributed by atoms with E-state index in [1.54, 1.807) is 0 Å². The first-order valence-electron chi connectivity index (χ1n) is 7.23. The number of rotatable bonds is 3. The molecular formula is C16H17BrF3N3O. The van der Waals surface area contributed by atoms with E-state index in [0.717, 1.165) is 15.8 Å². The average Bonchev–Trinajstić information content (AvgIpc) is 2.78. The Morgan fingerprint density at radius 2 is 1.79 bits per heavy atom. The van der Waals surface area contributed by atoms with E-state index in [0.29, 0.717) is 5.69 Å². The molecule has 1 amide bonds. The Kier molecular flexibility index (Phi) is 5.08. The second-order valence-electron chi connectivity index (χ2n) is 5.62. The quantitative estimate of drug-likeness (QED) is 0.800. The van der Waals surface area contributed by atoms with Crippen LogP contribution in [0.2, 0.25) is 0 Å². The number of alkyl halides is 3. The van der Waals surface area contributed by atoms with Crippen molar-refractivity contribution in [3.63, 3.8) is 0 Å². The molecule has 24 heavy (non-hydrogen) atoms. The molecule has 1 aromatic carbocycles. The molecule has 1 atom stereocenters. The number of carbonyl (C=O) groups excluding carboxylic acids is 1. The first-order chi connectivity index (χ1) is 11.0. The van der Waals surface area contributed by atoms with E-state index >= 15 is 0 Å². The lowest BCUT2D eigenvalue weighted by molar-refractivity contribution is -0.142. The lowest BCUT2D eigenvalue weighted by Crippen LogP contribution is -2.26. The molecule has 0 spiro atoms. The number of para-hydroxylation sites is 1. The van der Waals surface area contributed by atoms with Crippen molar-refractivity contribution in [1.29, 1.82) is 0 Å². The third kappa shape index (κ3) is 3.48. The molecule has 1 unspecified atom stereocenters. The molecule has 4 nitrogen and oxygen atoms in total. The molecule has 2 aromatic rings. The predicted octanol–water partition coefficient (Wildman–Crippen LogP) is 4.79. The van der Waals surface area contributed by atoms with Gasteiger partial charge >= 0.3 is 6.18 Å². The molecule has 0 aliphatic rings. The molecule has 0 fully saturated rings. The van der Waals surface area contributed by atoms with Crippen molar-refractivity contribution in [1.82, 2.24) is 9.78 Å². The third-order valence-electron chi connectivity index (χ3n) is 3.82. The van der Waals surface area contributed by atoms with Gasteiger partial charge < -0.3 is 5.32 Å². The smallest absolute Gasteiger partial charge is 0.324 e. The van der Waals surface area contributed by atoms with Gasteiger partial charge in [-0.15, -0.1) is 0 Å². The van der Waals surface area contributed by atoms with Crippen LogP contribution in [0.1, 0.15) is 35.5 Å². The molecule has 0 aliphatic carbocycles. The zero-order valence-corrected chi connectivity index (χ0v) is 15.2. The molecule has 130 valence electrons. The summed E-state index contributed by atoms with van der Waals surface area (Å²) in [6.45, 7) is 6.69. The van der Waals surface area contributed by atoms with Crippen LogP contribution in [0, 0.1) is 20.8 Å². The highest BCUT2D eigenvalue weighted by atomic mass is 79.9. The Morgan fingerprint density at radius 3 is 2.25 bits per heavy atom. The molecule has 8 heteroatoms. The minimum Gasteiger partial charge on any atom is -0.324 e. The SMILES string of the molecule is Cc1cccc(C)c1NC(=O)C(C)n1nc(C(F)(F)F)c(Br)c1C. The van der Waals surface area contributed by atoms with E-state index in [2.05, 4.69) is 26.3 Å². The standard InChI is InChI=1S/C16H17BrF3N3O/c1-8-6-5-7-9(2)13(8)21-15(24)11(4)23-10(3)12(17)14(22-23)16(18,19)20/h5-7,11H,1-4H3,(H,21,24). The number of hydrogen-bond acceptors (Lipinski definition) is 2. The van der Waals surface area contributed by atoms with Crippen molar-refractivity contribution in [2.24, 2.45) is 0 Å². The molecule has 0 aliphatic heterocycles. The van der Waals surface area contributed by atoms with Gasteiger partial charge in [-0.3, -0.25) is 9.48 Å². The van der Waals surface area contributed by atoms with Crippen molar-refractivity contribution in [2.45, 2.75) is 39.9 Å². The Bertz CT molecular complexity index is 763. The molecular weight excluding hydrogens is 387 g/mol. The van der Waals surface area contributed by atoms with Gasteiger partial charge in [0.05, 0.1) is 10.2 Å². The Labute approximate surface area is 146 Å². The first kappa shape index (κ1) is 18.5. The number of nitrogens with one attached hydrogen (secondary N) is 1. The number of benzene rings is 1. The van der Waals surface area contributed by atoms with Crippen molar-refractivity contribution in [3.05, 3.63) is 45.2 Å². The second-order valence-corrected chi connectivity index (χ2v) is 6.42. The maximum atomic E-state index is 13.0. The summed E-state index contributed by atoms with van der Waals surface area (Å²) in [6.07, 6.45) is -4.59. The Balaban J connectivity index is 2.32. The van der Waals surface area contributed by atoms with E-state index in [9.17, 15) is 18.0 Å². The van der Waals surface area contributed by atoms with E-state index < -0.39 is 23.8 Å². The molecule has 0 saturated carbocycles.